The molecule has 0 atom stereocenters. The van der Waals surface area contributed by atoms with Crippen LogP contribution in [0.2, 0.25) is 8.67 Å². The maximum atomic E-state index is 11.8. The van der Waals surface area contributed by atoms with Gasteiger partial charge in [-0.3, -0.25) is 4.79 Å². The van der Waals surface area contributed by atoms with Crippen LogP contribution >= 0.6 is 34.5 Å². The lowest BCUT2D eigenvalue weighted by molar-refractivity contribution is 0.0953. The predicted octanol–water partition coefficient (Wildman–Crippen LogP) is 4.11. The van der Waals surface area contributed by atoms with Crippen LogP contribution in [-0.4, -0.2) is 11.6 Å². The first-order valence-corrected chi connectivity index (χ1v) is 6.90. The first-order valence-electron chi connectivity index (χ1n) is 5.33. The van der Waals surface area contributed by atoms with E-state index in [2.05, 4.69) is 10.5 Å². The molecule has 0 aliphatic carbocycles. The largest absolute Gasteiger partial charge is 0.469 e. The maximum absolute atomic E-state index is 11.8. The van der Waals surface area contributed by atoms with Crippen LogP contribution in [0.25, 0.3) is 0 Å². The molecule has 0 aliphatic heterocycles. The summed E-state index contributed by atoms with van der Waals surface area (Å²) in [5.41, 5.74) is 4.20. The van der Waals surface area contributed by atoms with Crippen molar-refractivity contribution in [2.75, 3.05) is 0 Å². The van der Waals surface area contributed by atoms with E-state index in [0.29, 0.717) is 31.3 Å². The summed E-state index contributed by atoms with van der Waals surface area (Å²) < 4.78 is 6.17. The molecule has 2 aromatic heterocycles. The standard InChI is InChI=1S/C12H10Cl2N2O2S/c1-6(9-5-10(13)19-11(9)14)15-16-12(17)8-3-4-18-7(8)2/h3-5H,1-2H3,(H,16,17)/b15-6-. The fourth-order valence-corrected chi connectivity index (χ4v) is 3.03. The second kappa shape index (κ2) is 5.77. The molecule has 4 nitrogen and oxygen atoms in total. The van der Waals surface area contributed by atoms with E-state index in [4.69, 9.17) is 27.6 Å². The van der Waals surface area contributed by atoms with E-state index in [1.165, 1.54) is 17.6 Å². The van der Waals surface area contributed by atoms with Gasteiger partial charge < -0.3 is 4.42 Å². The summed E-state index contributed by atoms with van der Waals surface area (Å²) in [7, 11) is 0. The number of rotatable bonds is 3. The highest BCUT2D eigenvalue weighted by Gasteiger charge is 2.12. The molecule has 0 saturated heterocycles. The lowest BCUT2D eigenvalue weighted by Gasteiger charge is -2.01. The van der Waals surface area contributed by atoms with Gasteiger partial charge in [-0.1, -0.05) is 23.2 Å². The summed E-state index contributed by atoms with van der Waals surface area (Å²) >= 11 is 13.1. The van der Waals surface area contributed by atoms with Crippen LogP contribution in [0.1, 0.15) is 28.6 Å². The van der Waals surface area contributed by atoms with E-state index in [0.717, 1.165) is 0 Å². The average molecular weight is 317 g/mol. The first-order chi connectivity index (χ1) is 8.99. The van der Waals surface area contributed by atoms with Crippen molar-refractivity contribution in [3.8, 4) is 0 Å². The van der Waals surface area contributed by atoms with Gasteiger partial charge in [-0.25, -0.2) is 5.43 Å². The molecule has 0 unspecified atom stereocenters. The third kappa shape index (κ3) is 3.18. The summed E-state index contributed by atoms with van der Waals surface area (Å²) in [6.45, 7) is 3.45. The number of amides is 1. The van der Waals surface area contributed by atoms with Gasteiger partial charge in [0, 0.05) is 5.56 Å². The molecular weight excluding hydrogens is 307 g/mol. The molecule has 2 aromatic rings. The highest BCUT2D eigenvalue weighted by Crippen LogP contribution is 2.31. The van der Waals surface area contributed by atoms with E-state index in [9.17, 15) is 4.79 Å². The maximum Gasteiger partial charge on any atom is 0.274 e. The first kappa shape index (κ1) is 14.1. The van der Waals surface area contributed by atoms with Gasteiger partial charge in [0.05, 0.1) is 21.9 Å². The molecule has 0 radical (unpaired) electrons. The van der Waals surface area contributed by atoms with Crippen LogP contribution in [0.15, 0.2) is 27.9 Å². The minimum atomic E-state index is -0.331. The van der Waals surface area contributed by atoms with Gasteiger partial charge in [0.1, 0.15) is 10.1 Å². The Morgan fingerprint density at radius 1 is 1.42 bits per heavy atom. The second-order valence-electron chi connectivity index (χ2n) is 3.77. The Balaban J connectivity index is 2.13. The van der Waals surface area contributed by atoms with Crippen LogP contribution in [-0.2, 0) is 0 Å². The van der Waals surface area contributed by atoms with Crippen molar-refractivity contribution >= 4 is 46.2 Å². The molecule has 0 saturated carbocycles. The number of hydrogen-bond acceptors (Lipinski definition) is 4. The zero-order chi connectivity index (χ0) is 14.0. The number of hydrazone groups is 1. The molecule has 2 rings (SSSR count). The Morgan fingerprint density at radius 2 is 2.16 bits per heavy atom. The topological polar surface area (TPSA) is 54.6 Å². The summed E-state index contributed by atoms with van der Waals surface area (Å²) in [5.74, 6) is 0.213. The normalized spacial score (nSPS) is 11.7. The van der Waals surface area contributed by atoms with Crippen LogP contribution < -0.4 is 5.43 Å². The SMILES string of the molecule is C/C(=N/NC(=O)c1ccoc1C)c1cc(Cl)sc1Cl. The zero-order valence-electron chi connectivity index (χ0n) is 10.2. The van der Waals surface area contributed by atoms with Crippen LogP contribution in [0.5, 0.6) is 0 Å². The van der Waals surface area contributed by atoms with E-state index in [-0.39, 0.29) is 5.91 Å². The molecule has 1 N–H and O–H groups in total. The average Bonchev–Trinajstić information content (AvgIpc) is 2.91. The number of aryl methyl sites for hydroxylation is 1. The number of carbonyl (C=O) groups excluding carboxylic acids is 1. The van der Waals surface area contributed by atoms with E-state index in [1.54, 1.807) is 26.0 Å². The fraction of sp³-hybridized carbons (Fsp3) is 0.167. The number of halogens is 2. The van der Waals surface area contributed by atoms with Crippen LogP contribution in [0.3, 0.4) is 0 Å². The lowest BCUT2D eigenvalue weighted by Crippen LogP contribution is -2.19. The lowest BCUT2D eigenvalue weighted by atomic mass is 10.2. The van der Waals surface area contributed by atoms with Gasteiger partial charge in [-0.2, -0.15) is 5.10 Å². The van der Waals surface area contributed by atoms with Crippen molar-refractivity contribution in [3.05, 3.63) is 44.0 Å². The number of carbonyl (C=O) groups is 1. The molecule has 0 aromatic carbocycles. The molecule has 0 spiro atoms. The van der Waals surface area contributed by atoms with Gasteiger partial charge in [0.15, 0.2) is 0 Å². The summed E-state index contributed by atoms with van der Waals surface area (Å²) in [4.78, 5) is 11.8. The molecule has 0 bridgehead atoms. The summed E-state index contributed by atoms with van der Waals surface area (Å²) in [6.07, 6.45) is 1.45. The van der Waals surface area contributed by atoms with Crippen LogP contribution in [0, 0.1) is 6.92 Å². The van der Waals surface area contributed by atoms with Crippen LogP contribution in [0.4, 0.5) is 0 Å². The highest BCUT2D eigenvalue weighted by molar-refractivity contribution is 7.20. The quantitative estimate of drug-likeness (QED) is 0.684. The van der Waals surface area contributed by atoms with E-state index >= 15 is 0 Å². The Morgan fingerprint density at radius 3 is 2.68 bits per heavy atom. The second-order valence-corrected chi connectivity index (χ2v) is 6.05. The highest BCUT2D eigenvalue weighted by atomic mass is 35.5. The molecule has 100 valence electrons. The predicted molar refractivity (Wildman–Crippen MR) is 77.5 cm³/mol. The van der Waals surface area contributed by atoms with Gasteiger partial charge in [-0.05, 0) is 26.0 Å². The van der Waals surface area contributed by atoms with E-state index in [1.807, 2.05) is 0 Å². The number of thiophene rings is 1. The smallest absolute Gasteiger partial charge is 0.274 e. The Labute approximate surface area is 124 Å². The summed E-state index contributed by atoms with van der Waals surface area (Å²) in [6, 6.07) is 3.30. The Kier molecular flexibility index (Phi) is 4.29. The number of hydrogen-bond donors (Lipinski definition) is 1. The zero-order valence-corrected chi connectivity index (χ0v) is 12.5. The molecular formula is C12H10Cl2N2O2S. The third-order valence-corrected chi connectivity index (χ3v) is 3.96. The van der Waals surface area contributed by atoms with Gasteiger partial charge >= 0.3 is 0 Å². The fourth-order valence-electron chi connectivity index (χ4n) is 1.46. The number of furan rings is 1. The molecule has 0 fully saturated rings. The van der Waals surface area contributed by atoms with E-state index < -0.39 is 0 Å². The van der Waals surface area contributed by atoms with Crippen molar-refractivity contribution in [3.63, 3.8) is 0 Å². The van der Waals surface area contributed by atoms with Crippen molar-refractivity contribution in [1.82, 2.24) is 5.43 Å². The minimum absolute atomic E-state index is 0.331. The van der Waals surface area contributed by atoms with Crippen molar-refractivity contribution in [2.45, 2.75) is 13.8 Å². The molecule has 19 heavy (non-hydrogen) atoms. The Hall–Kier alpha value is -1.30. The molecule has 1 amide bonds. The number of nitrogens with zero attached hydrogens (tertiary/aromatic N) is 1. The Bertz CT molecular complexity index is 646. The monoisotopic (exact) mass is 316 g/mol. The van der Waals surface area contributed by atoms with Crippen molar-refractivity contribution in [1.29, 1.82) is 0 Å². The van der Waals surface area contributed by atoms with Crippen molar-refractivity contribution < 1.29 is 9.21 Å². The summed E-state index contributed by atoms with van der Waals surface area (Å²) in [5, 5.41) is 4.00. The third-order valence-electron chi connectivity index (χ3n) is 2.48. The van der Waals surface area contributed by atoms with Gasteiger partial charge in [0.2, 0.25) is 0 Å². The molecule has 0 aliphatic rings. The minimum Gasteiger partial charge on any atom is -0.469 e. The number of nitrogens with one attached hydrogen (secondary N) is 1. The van der Waals surface area contributed by atoms with Gasteiger partial charge in [0.25, 0.3) is 5.91 Å². The van der Waals surface area contributed by atoms with Gasteiger partial charge in [-0.15, -0.1) is 11.3 Å². The molecule has 2 heterocycles. The molecule has 7 heteroatoms. The van der Waals surface area contributed by atoms with Crippen molar-refractivity contribution in [2.24, 2.45) is 5.10 Å².